The van der Waals surface area contributed by atoms with Crippen molar-refractivity contribution in [3.05, 3.63) is 23.8 Å². The van der Waals surface area contributed by atoms with Gasteiger partial charge in [0, 0.05) is 12.2 Å². The van der Waals surface area contributed by atoms with Crippen LogP contribution in [0.15, 0.2) is 23.1 Å². The molecule has 1 amide bonds. The summed E-state index contributed by atoms with van der Waals surface area (Å²) in [7, 11) is -2.17. The number of benzene rings is 1. The molecule has 2 rings (SSSR count). The summed E-state index contributed by atoms with van der Waals surface area (Å²) in [6.07, 6.45) is 1.77. The van der Waals surface area contributed by atoms with E-state index < -0.39 is 15.4 Å². The molecule has 6 nitrogen and oxygen atoms in total. The van der Waals surface area contributed by atoms with Crippen molar-refractivity contribution in [1.29, 1.82) is 0 Å². The first-order chi connectivity index (χ1) is 10.3. The second-order valence-corrected chi connectivity index (χ2v) is 7.84. The molecule has 0 aromatic heterocycles. The molecule has 7 heteroatoms. The summed E-state index contributed by atoms with van der Waals surface area (Å²) in [5.41, 5.74) is 0.666. The molecule has 3 N–H and O–H groups in total. The Bertz CT molecular complexity index is 665. The highest BCUT2D eigenvalue weighted by molar-refractivity contribution is 7.89. The van der Waals surface area contributed by atoms with E-state index in [0.717, 1.165) is 19.4 Å². The average Bonchev–Trinajstić information content (AvgIpc) is 2.49. The Labute approximate surface area is 131 Å². The molecule has 1 saturated heterocycles. The summed E-state index contributed by atoms with van der Waals surface area (Å²) in [5, 5.41) is 6.07. The summed E-state index contributed by atoms with van der Waals surface area (Å²) >= 11 is 0. The maximum atomic E-state index is 12.5. The van der Waals surface area contributed by atoms with Gasteiger partial charge < -0.3 is 10.6 Å². The van der Waals surface area contributed by atoms with Crippen LogP contribution in [0.1, 0.15) is 25.3 Å². The molecular formula is C15H23N3O3S. The van der Waals surface area contributed by atoms with Gasteiger partial charge in [0.1, 0.15) is 0 Å². The van der Waals surface area contributed by atoms with E-state index in [1.54, 1.807) is 19.1 Å². The first-order valence-corrected chi connectivity index (χ1v) is 8.83. The highest BCUT2D eigenvalue weighted by atomic mass is 32.2. The fraction of sp³-hybridized carbons (Fsp3) is 0.533. The van der Waals surface area contributed by atoms with Gasteiger partial charge in [-0.2, -0.15) is 0 Å². The van der Waals surface area contributed by atoms with Crippen LogP contribution in [0.5, 0.6) is 0 Å². The Balaban J connectivity index is 2.24. The molecular weight excluding hydrogens is 302 g/mol. The van der Waals surface area contributed by atoms with Gasteiger partial charge in [0.15, 0.2) is 0 Å². The van der Waals surface area contributed by atoms with Gasteiger partial charge in [-0.25, -0.2) is 13.1 Å². The molecule has 0 spiro atoms. The first-order valence-electron chi connectivity index (χ1n) is 7.35. The minimum absolute atomic E-state index is 0.0867. The van der Waals surface area contributed by atoms with E-state index in [-0.39, 0.29) is 10.8 Å². The van der Waals surface area contributed by atoms with Gasteiger partial charge in [0.25, 0.3) is 0 Å². The van der Waals surface area contributed by atoms with Crippen molar-refractivity contribution in [2.24, 2.45) is 5.41 Å². The minimum Gasteiger partial charge on any atom is -0.326 e. The van der Waals surface area contributed by atoms with Crippen molar-refractivity contribution in [3.63, 3.8) is 0 Å². The quantitative estimate of drug-likeness (QED) is 0.777. The van der Waals surface area contributed by atoms with E-state index >= 15 is 0 Å². The van der Waals surface area contributed by atoms with E-state index in [0.29, 0.717) is 17.8 Å². The molecule has 0 radical (unpaired) electrons. The zero-order chi connectivity index (χ0) is 16.4. The Morgan fingerprint density at radius 3 is 2.68 bits per heavy atom. The second kappa shape index (κ2) is 6.36. The number of anilines is 1. The van der Waals surface area contributed by atoms with Crippen molar-refractivity contribution in [1.82, 2.24) is 10.0 Å². The summed E-state index contributed by atoms with van der Waals surface area (Å²) in [5.74, 6) is -0.0867. The van der Waals surface area contributed by atoms with E-state index in [2.05, 4.69) is 15.4 Å². The number of carbonyl (C=O) groups is 1. The van der Waals surface area contributed by atoms with Crippen LogP contribution in [-0.4, -0.2) is 34.5 Å². The summed E-state index contributed by atoms with van der Waals surface area (Å²) in [6, 6.07) is 4.92. The number of piperidine rings is 1. The molecule has 1 aliphatic heterocycles. The van der Waals surface area contributed by atoms with Crippen molar-refractivity contribution < 1.29 is 13.2 Å². The molecule has 1 aromatic carbocycles. The first kappa shape index (κ1) is 16.9. The number of hydrogen-bond donors (Lipinski definition) is 3. The van der Waals surface area contributed by atoms with Gasteiger partial charge in [0.2, 0.25) is 15.9 Å². The van der Waals surface area contributed by atoms with Crippen LogP contribution in [0.4, 0.5) is 5.69 Å². The van der Waals surface area contributed by atoms with Gasteiger partial charge in [-0.15, -0.1) is 0 Å². The lowest BCUT2D eigenvalue weighted by Gasteiger charge is -2.32. The third kappa shape index (κ3) is 3.48. The van der Waals surface area contributed by atoms with Crippen LogP contribution in [0, 0.1) is 12.3 Å². The number of amides is 1. The zero-order valence-corrected chi connectivity index (χ0v) is 14.0. The third-order valence-corrected chi connectivity index (χ3v) is 5.71. The molecule has 1 heterocycles. The monoisotopic (exact) mass is 325 g/mol. The van der Waals surface area contributed by atoms with Crippen LogP contribution in [-0.2, 0) is 14.8 Å². The highest BCUT2D eigenvalue weighted by Gasteiger charge is 2.34. The van der Waals surface area contributed by atoms with Gasteiger partial charge in [-0.1, -0.05) is 6.07 Å². The van der Waals surface area contributed by atoms with Crippen molar-refractivity contribution in [2.75, 3.05) is 25.5 Å². The molecule has 122 valence electrons. The molecule has 0 bridgehead atoms. The number of aryl methyl sites for hydroxylation is 1. The SMILES string of the molecule is CNS(=O)(=O)c1cc(NC(=O)C2(C)CCCNC2)ccc1C. The predicted molar refractivity (Wildman–Crippen MR) is 86.3 cm³/mol. The molecule has 1 aliphatic rings. The third-order valence-electron chi connectivity index (χ3n) is 4.15. The normalized spacial score (nSPS) is 22.3. The number of hydrogen-bond acceptors (Lipinski definition) is 4. The standard InChI is InChI=1S/C15H23N3O3S/c1-11-5-6-12(9-13(11)22(20,21)16-3)18-14(19)15(2)7-4-8-17-10-15/h5-6,9,16-17H,4,7-8,10H2,1-3H3,(H,18,19). The average molecular weight is 325 g/mol. The van der Waals surface area contributed by atoms with Crippen LogP contribution in [0.25, 0.3) is 0 Å². The second-order valence-electron chi connectivity index (χ2n) is 5.98. The number of nitrogens with one attached hydrogen (secondary N) is 3. The molecule has 0 aliphatic carbocycles. The van der Waals surface area contributed by atoms with Crippen molar-refractivity contribution in [2.45, 2.75) is 31.6 Å². The number of rotatable bonds is 4. The molecule has 1 atom stereocenters. The topological polar surface area (TPSA) is 87.3 Å². The Morgan fingerprint density at radius 2 is 2.09 bits per heavy atom. The molecule has 1 fully saturated rings. The van der Waals surface area contributed by atoms with Gasteiger partial charge in [-0.05, 0) is 58.0 Å². The lowest BCUT2D eigenvalue weighted by atomic mass is 9.82. The Morgan fingerprint density at radius 1 is 1.36 bits per heavy atom. The van der Waals surface area contributed by atoms with E-state index in [9.17, 15) is 13.2 Å². The maximum Gasteiger partial charge on any atom is 0.240 e. The van der Waals surface area contributed by atoms with Crippen molar-refractivity contribution >= 4 is 21.6 Å². The Hall–Kier alpha value is -1.44. The summed E-state index contributed by atoms with van der Waals surface area (Å²) in [6.45, 7) is 5.21. The van der Waals surface area contributed by atoms with E-state index in [1.807, 2.05) is 6.92 Å². The minimum atomic E-state index is -3.54. The predicted octanol–water partition coefficient (Wildman–Crippen LogP) is 1.23. The number of carbonyl (C=O) groups excluding carboxylic acids is 1. The van der Waals surface area contributed by atoms with Gasteiger partial charge in [-0.3, -0.25) is 4.79 Å². The molecule has 0 saturated carbocycles. The lowest BCUT2D eigenvalue weighted by Crippen LogP contribution is -2.46. The molecule has 1 aromatic rings. The largest absolute Gasteiger partial charge is 0.326 e. The van der Waals surface area contributed by atoms with Crippen LogP contribution < -0.4 is 15.4 Å². The number of sulfonamides is 1. The Kier molecular flexibility index (Phi) is 4.89. The van der Waals surface area contributed by atoms with Crippen LogP contribution in [0.3, 0.4) is 0 Å². The summed E-state index contributed by atoms with van der Waals surface area (Å²) in [4.78, 5) is 12.7. The fourth-order valence-corrected chi connectivity index (χ4v) is 3.60. The van der Waals surface area contributed by atoms with E-state index in [1.165, 1.54) is 13.1 Å². The smallest absolute Gasteiger partial charge is 0.240 e. The fourth-order valence-electron chi connectivity index (χ4n) is 2.61. The summed E-state index contributed by atoms with van der Waals surface area (Å²) < 4.78 is 26.3. The van der Waals surface area contributed by atoms with Gasteiger partial charge in [0.05, 0.1) is 10.3 Å². The highest BCUT2D eigenvalue weighted by Crippen LogP contribution is 2.28. The zero-order valence-electron chi connectivity index (χ0n) is 13.2. The van der Waals surface area contributed by atoms with Crippen LogP contribution in [0.2, 0.25) is 0 Å². The van der Waals surface area contributed by atoms with Crippen LogP contribution >= 0.6 is 0 Å². The lowest BCUT2D eigenvalue weighted by molar-refractivity contribution is -0.125. The van der Waals surface area contributed by atoms with E-state index in [4.69, 9.17) is 0 Å². The molecule has 22 heavy (non-hydrogen) atoms. The van der Waals surface area contributed by atoms with Crippen molar-refractivity contribution in [3.8, 4) is 0 Å². The maximum absolute atomic E-state index is 12.5. The van der Waals surface area contributed by atoms with Gasteiger partial charge >= 0.3 is 0 Å². The molecule has 1 unspecified atom stereocenters.